The lowest BCUT2D eigenvalue weighted by Gasteiger charge is -2.56. The van der Waals surface area contributed by atoms with E-state index in [-0.39, 0.29) is 0 Å². The molecule has 2 N–H and O–H groups in total. The summed E-state index contributed by atoms with van der Waals surface area (Å²) in [5.74, 6) is 3.94. The molecule has 4 aliphatic rings. The van der Waals surface area contributed by atoms with E-state index < -0.39 is 0 Å². The first-order valence-electron chi connectivity index (χ1n) is 7.30. The summed E-state index contributed by atoms with van der Waals surface area (Å²) in [5, 5.41) is 0. The lowest BCUT2D eigenvalue weighted by molar-refractivity contribution is -0.00949. The maximum atomic E-state index is 5.72. The molecule has 3 heteroatoms. The zero-order chi connectivity index (χ0) is 12.2. The largest absolute Gasteiger partial charge is 0.325 e. The normalized spacial score (nSPS) is 41.3. The van der Waals surface area contributed by atoms with Crippen LogP contribution in [-0.4, -0.2) is 9.97 Å². The molecule has 1 aromatic heterocycles. The fraction of sp³-hybridized carbons (Fsp3) is 0.733. The van der Waals surface area contributed by atoms with Gasteiger partial charge in [-0.05, 0) is 62.3 Å². The minimum Gasteiger partial charge on any atom is -0.325 e. The highest BCUT2D eigenvalue weighted by Crippen LogP contribution is 2.60. The van der Waals surface area contributed by atoms with Gasteiger partial charge in [0.1, 0.15) is 5.82 Å². The Morgan fingerprint density at radius 1 is 1.11 bits per heavy atom. The van der Waals surface area contributed by atoms with Crippen LogP contribution in [0.25, 0.3) is 0 Å². The standard InChI is InChI=1S/C15H21N3/c16-9-13-1-2-17-14(18-13)15-6-10-3-11(7-15)5-12(4-10)8-15/h1-2,10-12H,3-9,16H2. The summed E-state index contributed by atoms with van der Waals surface area (Å²) in [7, 11) is 0. The van der Waals surface area contributed by atoms with Crippen LogP contribution in [0.15, 0.2) is 12.3 Å². The molecule has 96 valence electrons. The molecule has 3 nitrogen and oxygen atoms in total. The summed E-state index contributed by atoms with van der Waals surface area (Å²) < 4.78 is 0. The Morgan fingerprint density at radius 3 is 2.28 bits per heavy atom. The molecule has 18 heavy (non-hydrogen) atoms. The Morgan fingerprint density at radius 2 is 1.72 bits per heavy atom. The summed E-state index contributed by atoms with van der Waals surface area (Å²) in [6.45, 7) is 0.530. The average Bonchev–Trinajstić information content (AvgIpc) is 2.37. The van der Waals surface area contributed by atoms with Crippen LogP contribution >= 0.6 is 0 Å². The van der Waals surface area contributed by atoms with Gasteiger partial charge < -0.3 is 5.73 Å². The summed E-state index contributed by atoms with van der Waals surface area (Å²) in [4.78, 5) is 9.36. The van der Waals surface area contributed by atoms with Gasteiger partial charge >= 0.3 is 0 Å². The second kappa shape index (κ2) is 3.77. The molecular weight excluding hydrogens is 222 g/mol. The van der Waals surface area contributed by atoms with Crippen molar-refractivity contribution in [2.75, 3.05) is 0 Å². The van der Waals surface area contributed by atoms with Crippen molar-refractivity contribution in [1.29, 1.82) is 0 Å². The van der Waals surface area contributed by atoms with Crippen molar-refractivity contribution in [3.05, 3.63) is 23.8 Å². The lowest BCUT2D eigenvalue weighted by atomic mass is 9.49. The Bertz CT molecular complexity index is 433. The van der Waals surface area contributed by atoms with Gasteiger partial charge in [-0.15, -0.1) is 0 Å². The molecule has 4 aliphatic carbocycles. The quantitative estimate of drug-likeness (QED) is 0.867. The number of hydrogen-bond donors (Lipinski definition) is 1. The number of aromatic nitrogens is 2. The van der Waals surface area contributed by atoms with Gasteiger partial charge in [0.15, 0.2) is 0 Å². The van der Waals surface area contributed by atoms with E-state index in [1.54, 1.807) is 0 Å². The number of rotatable bonds is 2. The molecule has 0 saturated heterocycles. The molecule has 1 heterocycles. The molecule has 0 amide bonds. The topological polar surface area (TPSA) is 51.8 Å². The second-order valence-corrected chi connectivity index (χ2v) is 6.77. The zero-order valence-electron chi connectivity index (χ0n) is 10.8. The van der Waals surface area contributed by atoms with Crippen LogP contribution in [0.2, 0.25) is 0 Å². The summed E-state index contributed by atoms with van der Waals surface area (Å²) >= 11 is 0. The Kier molecular flexibility index (Phi) is 2.28. The van der Waals surface area contributed by atoms with Crippen LogP contribution in [0, 0.1) is 17.8 Å². The molecular formula is C15H21N3. The lowest BCUT2D eigenvalue weighted by Crippen LogP contribution is -2.49. The van der Waals surface area contributed by atoms with Crippen molar-refractivity contribution in [3.8, 4) is 0 Å². The molecule has 0 aromatic carbocycles. The minimum atomic E-state index is 0.305. The monoisotopic (exact) mass is 243 g/mol. The van der Waals surface area contributed by atoms with Gasteiger partial charge in [-0.3, -0.25) is 0 Å². The number of nitrogens with zero attached hydrogens (tertiary/aromatic N) is 2. The molecule has 4 saturated carbocycles. The van der Waals surface area contributed by atoms with Gasteiger partial charge in [0.05, 0.1) is 5.69 Å². The van der Waals surface area contributed by atoms with Gasteiger partial charge in [-0.2, -0.15) is 0 Å². The first-order valence-corrected chi connectivity index (χ1v) is 7.30. The SMILES string of the molecule is NCc1ccnc(C23CC4CC(CC(C4)C2)C3)n1. The van der Waals surface area contributed by atoms with E-state index in [9.17, 15) is 0 Å². The van der Waals surface area contributed by atoms with E-state index in [1.165, 1.54) is 38.5 Å². The van der Waals surface area contributed by atoms with Crippen LogP contribution in [0.4, 0.5) is 0 Å². The van der Waals surface area contributed by atoms with Crippen LogP contribution in [0.5, 0.6) is 0 Å². The fourth-order valence-electron chi connectivity index (χ4n) is 5.15. The van der Waals surface area contributed by atoms with E-state index in [1.807, 2.05) is 12.3 Å². The van der Waals surface area contributed by atoms with Gasteiger partial charge in [0.2, 0.25) is 0 Å². The van der Waals surface area contributed by atoms with E-state index in [4.69, 9.17) is 10.7 Å². The molecule has 0 aliphatic heterocycles. The van der Waals surface area contributed by atoms with E-state index in [0.717, 1.165) is 29.3 Å². The number of nitrogens with two attached hydrogens (primary N) is 1. The predicted octanol–water partition coefficient (Wildman–Crippen LogP) is 2.40. The molecule has 0 unspecified atom stereocenters. The maximum absolute atomic E-state index is 5.72. The number of hydrogen-bond acceptors (Lipinski definition) is 3. The molecule has 5 rings (SSSR count). The first-order chi connectivity index (χ1) is 8.77. The highest BCUT2D eigenvalue weighted by molar-refractivity contribution is 5.18. The molecule has 1 aromatic rings. The Balaban J connectivity index is 1.74. The Labute approximate surface area is 108 Å². The predicted molar refractivity (Wildman–Crippen MR) is 69.8 cm³/mol. The average molecular weight is 243 g/mol. The van der Waals surface area contributed by atoms with Crippen molar-refractivity contribution in [1.82, 2.24) is 9.97 Å². The van der Waals surface area contributed by atoms with E-state index in [0.29, 0.717) is 12.0 Å². The third-order valence-corrected chi connectivity index (χ3v) is 5.43. The van der Waals surface area contributed by atoms with Gasteiger partial charge in [-0.1, -0.05) is 0 Å². The van der Waals surface area contributed by atoms with Gasteiger partial charge in [0, 0.05) is 18.2 Å². The summed E-state index contributed by atoms with van der Waals surface area (Å²) in [6.07, 6.45) is 10.3. The smallest absolute Gasteiger partial charge is 0.134 e. The summed E-state index contributed by atoms with van der Waals surface area (Å²) in [5.41, 5.74) is 7.02. The van der Waals surface area contributed by atoms with Crippen molar-refractivity contribution < 1.29 is 0 Å². The first kappa shape index (κ1) is 10.9. The minimum absolute atomic E-state index is 0.305. The molecule has 4 fully saturated rings. The highest BCUT2D eigenvalue weighted by atomic mass is 14.9. The molecule has 0 radical (unpaired) electrons. The van der Waals surface area contributed by atoms with Crippen molar-refractivity contribution >= 4 is 0 Å². The Hall–Kier alpha value is -0.960. The third-order valence-electron chi connectivity index (χ3n) is 5.43. The molecule has 0 atom stereocenters. The van der Waals surface area contributed by atoms with Crippen molar-refractivity contribution in [2.24, 2.45) is 23.5 Å². The maximum Gasteiger partial charge on any atom is 0.134 e. The summed E-state index contributed by atoms with van der Waals surface area (Å²) in [6, 6.07) is 1.95. The van der Waals surface area contributed by atoms with E-state index in [2.05, 4.69) is 4.98 Å². The third kappa shape index (κ3) is 1.53. The molecule has 0 spiro atoms. The second-order valence-electron chi connectivity index (χ2n) is 6.77. The van der Waals surface area contributed by atoms with Crippen LogP contribution < -0.4 is 5.73 Å². The van der Waals surface area contributed by atoms with Crippen LogP contribution in [0.1, 0.15) is 50.0 Å². The van der Waals surface area contributed by atoms with Crippen molar-refractivity contribution in [3.63, 3.8) is 0 Å². The fourth-order valence-corrected chi connectivity index (χ4v) is 5.15. The zero-order valence-corrected chi connectivity index (χ0v) is 10.8. The van der Waals surface area contributed by atoms with Crippen LogP contribution in [-0.2, 0) is 12.0 Å². The van der Waals surface area contributed by atoms with Gasteiger partial charge in [-0.25, -0.2) is 9.97 Å². The van der Waals surface area contributed by atoms with Crippen molar-refractivity contribution in [2.45, 2.75) is 50.5 Å². The van der Waals surface area contributed by atoms with Gasteiger partial charge in [0.25, 0.3) is 0 Å². The highest BCUT2D eigenvalue weighted by Gasteiger charge is 2.53. The molecule has 4 bridgehead atoms. The van der Waals surface area contributed by atoms with E-state index >= 15 is 0 Å². The van der Waals surface area contributed by atoms with Crippen LogP contribution in [0.3, 0.4) is 0 Å².